The fourth-order valence-corrected chi connectivity index (χ4v) is 3.94. The van der Waals surface area contributed by atoms with Gasteiger partial charge in [0, 0.05) is 17.5 Å². The van der Waals surface area contributed by atoms with Crippen LogP contribution in [0.4, 0.5) is 4.39 Å². The average Bonchev–Trinajstić information content (AvgIpc) is 2.86. The minimum absolute atomic E-state index is 0.0477. The Kier molecular flexibility index (Phi) is 2.94. The van der Waals surface area contributed by atoms with Gasteiger partial charge >= 0.3 is 0 Å². The Morgan fingerprint density at radius 3 is 2.85 bits per heavy atom. The van der Waals surface area contributed by atoms with Gasteiger partial charge in [-0.3, -0.25) is 0 Å². The van der Waals surface area contributed by atoms with E-state index in [1.54, 1.807) is 10.6 Å². The summed E-state index contributed by atoms with van der Waals surface area (Å²) in [5.74, 6) is -0.461. The highest BCUT2D eigenvalue weighted by atomic mass is 32.2. The summed E-state index contributed by atoms with van der Waals surface area (Å²) in [5.41, 5.74) is 1.12. The van der Waals surface area contributed by atoms with Crippen LogP contribution in [0.1, 0.15) is 6.04 Å². The van der Waals surface area contributed by atoms with Crippen molar-refractivity contribution < 1.29 is 17.5 Å². The molecular weight excluding hydrogens is 303 g/mol. The van der Waals surface area contributed by atoms with Crippen LogP contribution < -0.4 is 4.74 Å². The first-order valence-electron chi connectivity index (χ1n) is 5.80. The standard InChI is InChI=1S/C12H11FN2O3S2/c1-18-11-5-10-9(4-8(11)13)14-12(19)15(10)7-2-3-20(16,17)6-7/h2-5,7H,6H2,1H3,(H,14,19). The number of rotatable bonds is 2. The van der Waals surface area contributed by atoms with Crippen molar-refractivity contribution in [3.05, 3.63) is 34.2 Å². The SMILES string of the molecule is COc1cc2c(cc1F)[nH]c(=S)n2C1C=CS(=O)(=O)C1. The Hall–Kier alpha value is -1.67. The number of hydrogen-bond acceptors (Lipinski definition) is 4. The van der Waals surface area contributed by atoms with Crippen LogP contribution in [0.25, 0.3) is 11.0 Å². The second-order valence-electron chi connectivity index (χ2n) is 4.53. The molecular formula is C12H11FN2O3S2. The van der Waals surface area contributed by atoms with Crippen LogP contribution in [0, 0.1) is 10.6 Å². The first kappa shape index (κ1) is 13.3. The largest absolute Gasteiger partial charge is 0.494 e. The maximum atomic E-state index is 13.7. The van der Waals surface area contributed by atoms with Crippen LogP contribution in [0.5, 0.6) is 5.75 Å². The highest BCUT2D eigenvalue weighted by Crippen LogP contribution is 2.29. The molecule has 0 saturated heterocycles. The Bertz CT molecular complexity index is 880. The van der Waals surface area contributed by atoms with Gasteiger partial charge in [0.25, 0.3) is 0 Å². The van der Waals surface area contributed by atoms with E-state index in [2.05, 4.69) is 4.98 Å². The van der Waals surface area contributed by atoms with E-state index < -0.39 is 21.7 Å². The van der Waals surface area contributed by atoms with Gasteiger partial charge in [-0.1, -0.05) is 0 Å². The maximum Gasteiger partial charge on any atom is 0.178 e. The lowest BCUT2D eigenvalue weighted by Gasteiger charge is -2.11. The number of aromatic amines is 1. The minimum Gasteiger partial charge on any atom is -0.494 e. The number of aromatic nitrogens is 2. The number of nitrogens with one attached hydrogen (secondary N) is 1. The normalized spacial score (nSPS) is 20.6. The van der Waals surface area contributed by atoms with Gasteiger partial charge in [0.2, 0.25) is 0 Å². The first-order chi connectivity index (χ1) is 9.41. The Labute approximate surface area is 119 Å². The number of H-pyrrole nitrogens is 1. The number of fused-ring (bicyclic) bond motifs is 1. The molecule has 1 N–H and O–H groups in total. The lowest BCUT2D eigenvalue weighted by Crippen LogP contribution is -2.11. The molecule has 8 heteroatoms. The fourth-order valence-electron chi connectivity index (χ4n) is 2.33. The van der Waals surface area contributed by atoms with Crippen molar-refractivity contribution in [1.29, 1.82) is 0 Å². The smallest absolute Gasteiger partial charge is 0.178 e. The number of benzene rings is 1. The Balaban J connectivity index is 2.23. The van der Waals surface area contributed by atoms with Crippen molar-refractivity contribution in [2.24, 2.45) is 0 Å². The van der Waals surface area contributed by atoms with Crippen molar-refractivity contribution in [3.8, 4) is 5.75 Å². The Morgan fingerprint density at radius 1 is 1.50 bits per heavy atom. The molecule has 2 heterocycles. The molecule has 1 aliphatic rings. The van der Waals surface area contributed by atoms with E-state index >= 15 is 0 Å². The molecule has 0 aliphatic carbocycles. The van der Waals surface area contributed by atoms with Gasteiger partial charge in [-0.15, -0.1) is 0 Å². The molecule has 1 aliphatic heterocycles. The number of sulfone groups is 1. The molecule has 0 spiro atoms. The molecule has 20 heavy (non-hydrogen) atoms. The van der Waals surface area contributed by atoms with Crippen LogP contribution in [-0.4, -0.2) is 30.8 Å². The van der Waals surface area contributed by atoms with Crippen molar-refractivity contribution in [1.82, 2.24) is 9.55 Å². The van der Waals surface area contributed by atoms with Crippen molar-refractivity contribution >= 4 is 33.1 Å². The molecule has 1 unspecified atom stereocenters. The summed E-state index contributed by atoms with van der Waals surface area (Å²) in [6, 6.07) is 2.40. The van der Waals surface area contributed by atoms with Gasteiger partial charge in [0.15, 0.2) is 26.2 Å². The van der Waals surface area contributed by atoms with Gasteiger partial charge in [0.1, 0.15) is 0 Å². The second-order valence-corrected chi connectivity index (χ2v) is 6.85. The van der Waals surface area contributed by atoms with E-state index in [1.165, 1.54) is 24.7 Å². The molecule has 5 nitrogen and oxygen atoms in total. The molecule has 0 radical (unpaired) electrons. The number of ether oxygens (including phenoxy) is 1. The van der Waals surface area contributed by atoms with Crippen LogP contribution in [0.15, 0.2) is 23.6 Å². The van der Waals surface area contributed by atoms with Crippen LogP contribution in [0.3, 0.4) is 0 Å². The molecule has 1 atom stereocenters. The van der Waals surface area contributed by atoms with Crippen LogP contribution in [-0.2, 0) is 9.84 Å². The molecule has 0 amide bonds. The topological polar surface area (TPSA) is 64.1 Å². The van der Waals surface area contributed by atoms with E-state index in [1.807, 2.05) is 0 Å². The third kappa shape index (κ3) is 2.04. The van der Waals surface area contributed by atoms with Crippen molar-refractivity contribution in [2.75, 3.05) is 12.9 Å². The second kappa shape index (κ2) is 4.42. The summed E-state index contributed by atoms with van der Waals surface area (Å²) in [5, 5.41) is 1.18. The third-order valence-corrected chi connectivity index (χ3v) is 4.91. The van der Waals surface area contributed by atoms with Crippen LogP contribution >= 0.6 is 12.2 Å². The van der Waals surface area contributed by atoms with E-state index in [-0.39, 0.29) is 11.5 Å². The predicted molar refractivity (Wildman–Crippen MR) is 75.6 cm³/mol. The third-order valence-electron chi connectivity index (χ3n) is 3.23. The van der Waals surface area contributed by atoms with E-state index in [0.717, 1.165) is 0 Å². The molecule has 0 fully saturated rings. The molecule has 2 aromatic rings. The molecule has 0 saturated carbocycles. The van der Waals surface area contributed by atoms with Gasteiger partial charge in [-0.25, -0.2) is 12.8 Å². The maximum absolute atomic E-state index is 13.7. The zero-order chi connectivity index (χ0) is 14.5. The number of halogens is 1. The highest BCUT2D eigenvalue weighted by molar-refractivity contribution is 7.94. The highest BCUT2D eigenvalue weighted by Gasteiger charge is 2.25. The summed E-state index contributed by atoms with van der Waals surface area (Å²) >= 11 is 5.20. The van der Waals surface area contributed by atoms with Gasteiger partial charge in [0.05, 0.1) is 29.9 Å². The summed E-state index contributed by atoms with van der Waals surface area (Å²) in [6.07, 6.45) is 1.58. The summed E-state index contributed by atoms with van der Waals surface area (Å²) in [4.78, 5) is 2.88. The number of nitrogens with zero attached hydrogens (tertiary/aromatic N) is 1. The average molecular weight is 314 g/mol. The zero-order valence-corrected chi connectivity index (χ0v) is 12.1. The Morgan fingerprint density at radius 2 is 2.25 bits per heavy atom. The quantitative estimate of drug-likeness (QED) is 0.864. The van der Waals surface area contributed by atoms with Crippen molar-refractivity contribution in [2.45, 2.75) is 6.04 Å². The fraction of sp³-hybridized carbons (Fsp3) is 0.250. The van der Waals surface area contributed by atoms with E-state index in [0.29, 0.717) is 15.8 Å². The molecule has 1 aromatic carbocycles. The molecule has 1 aromatic heterocycles. The van der Waals surface area contributed by atoms with Gasteiger partial charge in [-0.2, -0.15) is 0 Å². The lowest BCUT2D eigenvalue weighted by molar-refractivity contribution is 0.387. The minimum atomic E-state index is -3.20. The first-order valence-corrected chi connectivity index (χ1v) is 7.92. The molecule has 106 valence electrons. The van der Waals surface area contributed by atoms with Crippen LogP contribution in [0.2, 0.25) is 0 Å². The number of imidazole rings is 1. The zero-order valence-electron chi connectivity index (χ0n) is 10.5. The number of allylic oxidation sites excluding steroid dienone is 1. The summed E-state index contributed by atoms with van der Waals surface area (Å²) < 4.78 is 43.7. The van der Waals surface area contributed by atoms with Gasteiger partial charge in [-0.05, 0) is 18.3 Å². The predicted octanol–water partition coefficient (Wildman–Crippen LogP) is 2.33. The van der Waals surface area contributed by atoms with E-state index in [9.17, 15) is 12.8 Å². The van der Waals surface area contributed by atoms with Gasteiger partial charge < -0.3 is 14.3 Å². The number of hydrogen-bond donors (Lipinski definition) is 1. The summed E-state index contributed by atoms with van der Waals surface area (Å²) in [6.45, 7) is 0. The van der Waals surface area contributed by atoms with Crippen molar-refractivity contribution in [3.63, 3.8) is 0 Å². The molecule has 0 bridgehead atoms. The van der Waals surface area contributed by atoms with E-state index in [4.69, 9.17) is 17.0 Å². The summed E-state index contributed by atoms with van der Waals surface area (Å²) in [7, 11) is -1.83. The monoisotopic (exact) mass is 314 g/mol. The lowest BCUT2D eigenvalue weighted by atomic mass is 10.2. The number of methoxy groups -OCH3 is 1. The molecule has 3 rings (SSSR count).